The molecule has 164 valence electrons. The number of carbonyl (C=O) groups excluding carboxylic acids is 2. The second-order valence-corrected chi connectivity index (χ2v) is 8.58. The lowest BCUT2D eigenvalue weighted by Gasteiger charge is -2.19. The van der Waals surface area contributed by atoms with E-state index in [2.05, 4.69) is 20.6 Å². The van der Waals surface area contributed by atoms with E-state index >= 15 is 0 Å². The predicted octanol–water partition coefficient (Wildman–Crippen LogP) is 4.02. The van der Waals surface area contributed by atoms with Crippen LogP contribution < -0.4 is 10.6 Å². The van der Waals surface area contributed by atoms with Gasteiger partial charge in [-0.1, -0.05) is 0 Å². The van der Waals surface area contributed by atoms with Gasteiger partial charge < -0.3 is 20.4 Å². The molecule has 1 fully saturated rings. The van der Waals surface area contributed by atoms with E-state index in [4.69, 9.17) is 4.74 Å². The second-order valence-electron chi connectivity index (χ2n) is 8.58. The van der Waals surface area contributed by atoms with Crippen LogP contribution in [0.2, 0.25) is 0 Å². The number of hydrogen-bond acceptors (Lipinski definition) is 5. The Kier molecular flexibility index (Phi) is 6.67. The number of fused-ring (bicyclic) bond motifs is 1. The summed E-state index contributed by atoms with van der Waals surface area (Å²) in [7, 11) is 0. The van der Waals surface area contributed by atoms with Gasteiger partial charge in [0.1, 0.15) is 11.3 Å². The molecule has 0 radical (unpaired) electrons. The molecule has 1 saturated heterocycles. The summed E-state index contributed by atoms with van der Waals surface area (Å²) in [4.78, 5) is 32.4. The summed E-state index contributed by atoms with van der Waals surface area (Å²) in [6.45, 7) is 6.29. The number of hydrogen-bond donors (Lipinski definition) is 3. The van der Waals surface area contributed by atoms with Crippen molar-refractivity contribution in [3.8, 4) is 0 Å². The third kappa shape index (κ3) is 5.24. The summed E-state index contributed by atoms with van der Waals surface area (Å²) in [5, 5.41) is 7.14. The molecular weight excluding hydrogens is 416 g/mol. The number of halogens is 1. The number of ether oxygens (including phenoxy) is 1. The van der Waals surface area contributed by atoms with Crippen LogP contribution in [0.1, 0.15) is 49.2 Å². The quantitative estimate of drug-likeness (QED) is 0.530. The van der Waals surface area contributed by atoms with Crippen LogP contribution in [0.5, 0.6) is 0 Å². The number of anilines is 1. The number of H-pyrrole nitrogens is 1. The minimum absolute atomic E-state index is 0. The Morgan fingerprint density at radius 1 is 1.13 bits per heavy atom. The molecule has 0 unspecified atom stereocenters. The van der Waals surface area contributed by atoms with Crippen molar-refractivity contribution in [3.05, 3.63) is 60.0 Å². The van der Waals surface area contributed by atoms with Crippen LogP contribution in [-0.2, 0) is 9.53 Å². The van der Waals surface area contributed by atoms with Gasteiger partial charge in [0.05, 0.1) is 6.04 Å². The van der Waals surface area contributed by atoms with E-state index in [1.165, 1.54) is 0 Å². The van der Waals surface area contributed by atoms with Gasteiger partial charge in [-0.25, -0.2) is 4.79 Å². The van der Waals surface area contributed by atoms with Gasteiger partial charge in [0.25, 0.3) is 0 Å². The zero-order valence-electron chi connectivity index (χ0n) is 17.8. The van der Waals surface area contributed by atoms with Gasteiger partial charge in [0.15, 0.2) is 0 Å². The van der Waals surface area contributed by atoms with Crippen LogP contribution >= 0.6 is 12.4 Å². The number of benzene rings is 1. The molecule has 1 aliphatic rings. The Labute approximate surface area is 187 Å². The molecular formula is C23H27ClN4O3. The third-order valence-electron chi connectivity index (χ3n) is 5.15. The van der Waals surface area contributed by atoms with E-state index in [0.29, 0.717) is 11.4 Å². The lowest BCUT2D eigenvalue weighted by molar-refractivity contribution is -0.118. The van der Waals surface area contributed by atoms with E-state index < -0.39 is 11.6 Å². The van der Waals surface area contributed by atoms with E-state index in [-0.39, 0.29) is 30.3 Å². The van der Waals surface area contributed by atoms with Gasteiger partial charge in [0.2, 0.25) is 5.91 Å². The number of aromatic amines is 1. The zero-order valence-corrected chi connectivity index (χ0v) is 18.6. The fourth-order valence-corrected chi connectivity index (χ4v) is 3.82. The maximum atomic E-state index is 12.9. The minimum Gasteiger partial charge on any atom is -0.455 e. The predicted molar refractivity (Wildman–Crippen MR) is 123 cm³/mol. The summed E-state index contributed by atoms with van der Waals surface area (Å²) in [6, 6.07) is 10.9. The van der Waals surface area contributed by atoms with E-state index in [9.17, 15) is 9.59 Å². The van der Waals surface area contributed by atoms with Crippen LogP contribution in [0.25, 0.3) is 10.9 Å². The first kappa shape index (κ1) is 22.8. The average Bonchev–Trinajstić information content (AvgIpc) is 3.34. The highest BCUT2D eigenvalue weighted by Gasteiger charge is 2.33. The number of pyridine rings is 1. The van der Waals surface area contributed by atoms with E-state index in [1.807, 2.05) is 51.1 Å². The normalized spacial score (nSPS) is 18.4. The highest BCUT2D eigenvalue weighted by molar-refractivity contribution is 5.99. The number of aromatic nitrogens is 2. The average molecular weight is 443 g/mol. The van der Waals surface area contributed by atoms with Crippen LogP contribution in [0.4, 0.5) is 5.69 Å². The van der Waals surface area contributed by atoms with Gasteiger partial charge in [0, 0.05) is 34.9 Å². The zero-order chi connectivity index (χ0) is 21.3. The number of rotatable bonds is 4. The van der Waals surface area contributed by atoms with Crippen molar-refractivity contribution in [1.82, 2.24) is 15.3 Å². The minimum atomic E-state index is -0.562. The Morgan fingerprint density at radius 2 is 1.87 bits per heavy atom. The summed E-state index contributed by atoms with van der Waals surface area (Å²) in [6.07, 6.45) is 4.41. The topological polar surface area (TPSA) is 96.1 Å². The van der Waals surface area contributed by atoms with E-state index in [1.54, 1.807) is 18.5 Å². The van der Waals surface area contributed by atoms with Crippen molar-refractivity contribution in [2.24, 2.45) is 0 Å². The molecule has 0 aliphatic carbocycles. The molecule has 0 spiro atoms. The third-order valence-corrected chi connectivity index (χ3v) is 5.15. The smallest absolute Gasteiger partial charge is 0.355 e. The molecule has 3 N–H and O–H groups in total. The first-order chi connectivity index (χ1) is 14.3. The summed E-state index contributed by atoms with van der Waals surface area (Å²) in [5.41, 5.74) is 2.43. The first-order valence-electron chi connectivity index (χ1n) is 10.1. The molecule has 1 aliphatic heterocycles. The van der Waals surface area contributed by atoms with Crippen molar-refractivity contribution < 1.29 is 14.3 Å². The molecule has 2 aromatic heterocycles. The van der Waals surface area contributed by atoms with Crippen LogP contribution in [0.15, 0.2) is 48.8 Å². The SMILES string of the molecule is CC(C)(C)OC(=O)c1cc2cc(NC(=O)[C@@H]3NCC[C@@H]3c3ccncc3)ccc2[nH]1.Cl. The highest BCUT2D eigenvalue weighted by Crippen LogP contribution is 2.29. The van der Waals surface area contributed by atoms with Gasteiger partial charge >= 0.3 is 5.97 Å². The molecule has 31 heavy (non-hydrogen) atoms. The van der Waals surface area contributed by atoms with Crippen LogP contribution in [-0.4, -0.2) is 40.0 Å². The van der Waals surface area contributed by atoms with Gasteiger partial charge in [-0.15, -0.1) is 12.4 Å². The molecule has 0 bridgehead atoms. The maximum absolute atomic E-state index is 12.9. The standard InChI is InChI=1S/C23H26N4O3.ClH/c1-23(2,3)30-22(29)19-13-15-12-16(4-5-18(15)27-19)26-21(28)20-17(8-11-25-20)14-6-9-24-10-7-14;/h4-7,9-10,12-13,17,20,25,27H,8,11H2,1-3H3,(H,26,28);1H/t17-,20-;/m1./s1. The Morgan fingerprint density at radius 3 is 2.58 bits per heavy atom. The lowest BCUT2D eigenvalue weighted by atomic mass is 9.92. The molecule has 4 rings (SSSR count). The van der Waals surface area contributed by atoms with Crippen molar-refractivity contribution in [2.45, 2.75) is 44.8 Å². The molecule has 1 amide bonds. The molecule has 2 atom stereocenters. The van der Waals surface area contributed by atoms with Crippen molar-refractivity contribution >= 4 is 40.9 Å². The molecule has 1 aromatic carbocycles. The summed E-state index contributed by atoms with van der Waals surface area (Å²) in [5.74, 6) is -0.362. The summed E-state index contributed by atoms with van der Waals surface area (Å²) >= 11 is 0. The van der Waals surface area contributed by atoms with Crippen molar-refractivity contribution in [3.63, 3.8) is 0 Å². The second kappa shape index (κ2) is 9.08. The molecule has 8 heteroatoms. The lowest BCUT2D eigenvalue weighted by Crippen LogP contribution is -2.39. The number of nitrogens with zero attached hydrogens (tertiary/aromatic N) is 1. The van der Waals surface area contributed by atoms with Gasteiger partial charge in [-0.05, 0) is 75.7 Å². The monoisotopic (exact) mass is 442 g/mol. The first-order valence-corrected chi connectivity index (χ1v) is 10.1. The molecule has 0 saturated carbocycles. The number of esters is 1. The maximum Gasteiger partial charge on any atom is 0.355 e. The molecule has 3 heterocycles. The number of nitrogens with one attached hydrogen (secondary N) is 3. The Hall–Kier alpha value is -2.90. The van der Waals surface area contributed by atoms with Crippen molar-refractivity contribution in [2.75, 3.05) is 11.9 Å². The van der Waals surface area contributed by atoms with Crippen molar-refractivity contribution in [1.29, 1.82) is 0 Å². The van der Waals surface area contributed by atoms with Crippen LogP contribution in [0.3, 0.4) is 0 Å². The highest BCUT2D eigenvalue weighted by atomic mass is 35.5. The fraction of sp³-hybridized carbons (Fsp3) is 0.348. The molecule has 7 nitrogen and oxygen atoms in total. The summed E-state index contributed by atoms with van der Waals surface area (Å²) < 4.78 is 5.42. The Balaban J connectivity index is 0.00000272. The van der Waals surface area contributed by atoms with Gasteiger partial charge in [-0.2, -0.15) is 0 Å². The Bertz CT molecular complexity index is 1080. The number of carbonyl (C=O) groups is 2. The largest absolute Gasteiger partial charge is 0.455 e. The molecule has 3 aromatic rings. The van der Waals surface area contributed by atoms with Gasteiger partial charge in [-0.3, -0.25) is 9.78 Å². The van der Waals surface area contributed by atoms with Crippen LogP contribution in [0, 0.1) is 0 Å². The van der Waals surface area contributed by atoms with E-state index in [0.717, 1.165) is 29.4 Å². The number of amides is 1. The fourth-order valence-electron chi connectivity index (χ4n) is 3.82.